The maximum absolute atomic E-state index is 11.7. The summed E-state index contributed by atoms with van der Waals surface area (Å²) < 4.78 is 10.4. The minimum Gasteiger partial charge on any atom is -0.465 e. The number of methoxy groups -OCH3 is 1. The van der Waals surface area contributed by atoms with Crippen molar-refractivity contribution in [2.24, 2.45) is 0 Å². The van der Waals surface area contributed by atoms with Gasteiger partial charge >= 0.3 is 5.97 Å². The van der Waals surface area contributed by atoms with E-state index in [1.165, 1.54) is 7.11 Å². The van der Waals surface area contributed by atoms with E-state index >= 15 is 0 Å². The Morgan fingerprint density at radius 3 is 2.88 bits per heavy atom. The lowest BCUT2D eigenvalue weighted by Gasteiger charge is -2.14. The van der Waals surface area contributed by atoms with Crippen LogP contribution in [0.5, 0.6) is 0 Å². The Labute approximate surface area is 157 Å². The first kappa shape index (κ1) is 18.4. The van der Waals surface area contributed by atoms with Crippen LogP contribution in [-0.4, -0.2) is 42.3 Å². The molecular formula is C18H21ClN4O3. The van der Waals surface area contributed by atoms with Crippen LogP contribution in [0.4, 0.5) is 17.3 Å². The average Bonchev–Trinajstić information content (AvgIpc) is 3.14. The Balaban J connectivity index is 1.75. The van der Waals surface area contributed by atoms with Gasteiger partial charge in [0.15, 0.2) is 0 Å². The molecule has 0 aliphatic carbocycles. The highest BCUT2D eigenvalue weighted by Gasteiger charge is 2.15. The Kier molecular flexibility index (Phi) is 5.90. The van der Waals surface area contributed by atoms with Crippen molar-refractivity contribution in [3.05, 3.63) is 40.7 Å². The zero-order valence-electron chi connectivity index (χ0n) is 14.7. The van der Waals surface area contributed by atoms with Crippen LogP contribution in [0.25, 0.3) is 0 Å². The van der Waals surface area contributed by atoms with Gasteiger partial charge in [0.1, 0.15) is 17.5 Å². The second-order valence-electron chi connectivity index (χ2n) is 6.01. The topological polar surface area (TPSA) is 85.4 Å². The minimum absolute atomic E-state index is 0.216. The molecule has 0 amide bonds. The number of benzene rings is 1. The molecule has 2 heterocycles. The number of carbonyl (C=O) groups is 1. The van der Waals surface area contributed by atoms with Crippen molar-refractivity contribution in [1.82, 2.24) is 9.97 Å². The van der Waals surface area contributed by atoms with Gasteiger partial charge in [-0.1, -0.05) is 11.6 Å². The number of aromatic nitrogens is 2. The highest BCUT2D eigenvalue weighted by Crippen LogP contribution is 2.27. The molecule has 7 nitrogen and oxygen atoms in total. The molecular weight excluding hydrogens is 356 g/mol. The average molecular weight is 377 g/mol. The number of hydrogen-bond acceptors (Lipinski definition) is 7. The van der Waals surface area contributed by atoms with Crippen LogP contribution in [0, 0.1) is 6.92 Å². The van der Waals surface area contributed by atoms with E-state index in [9.17, 15) is 4.79 Å². The molecule has 3 rings (SSSR count). The van der Waals surface area contributed by atoms with E-state index in [0.29, 0.717) is 40.3 Å². The summed E-state index contributed by atoms with van der Waals surface area (Å²) >= 11 is 6.23. The molecule has 1 unspecified atom stereocenters. The smallest absolute Gasteiger partial charge is 0.337 e. The fourth-order valence-corrected chi connectivity index (χ4v) is 2.91. The van der Waals surface area contributed by atoms with Crippen molar-refractivity contribution in [1.29, 1.82) is 0 Å². The third-order valence-electron chi connectivity index (χ3n) is 4.02. The molecule has 1 aliphatic rings. The molecule has 0 saturated carbocycles. The highest BCUT2D eigenvalue weighted by molar-refractivity contribution is 6.33. The van der Waals surface area contributed by atoms with E-state index in [2.05, 4.69) is 20.6 Å². The highest BCUT2D eigenvalue weighted by atomic mass is 35.5. The number of esters is 1. The second kappa shape index (κ2) is 8.33. The van der Waals surface area contributed by atoms with E-state index in [1.807, 2.05) is 6.92 Å². The fourth-order valence-electron chi connectivity index (χ4n) is 2.75. The molecule has 1 atom stereocenters. The van der Waals surface area contributed by atoms with Crippen molar-refractivity contribution >= 4 is 34.9 Å². The standard InChI is InChI=1S/C18H21ClN4O3/c1-11-21-16(20-10-13-4-3-7-26-13)9-17(22-11)23-15-8-12(18(24)25-2)5-6-14(15)19/h5-6,8-9,13H,3-4,7,10H2,1-2H3,(H2,20,21,22,23). The van der Waals surface area contributed by atoms with Gasteiger partial charge in [-0.25, -0.2) is 14.8 Å². The van der Waals surface area contributed by atoms with Gasteiger partial charge < -0.3 is 20.1 Å². The van der Waals surface area contributed by atoms with Gasteiger partial charge in [-0.05, 0) is 38.0 Å². The summed E-state index contributed by atoms with van der Waals surface area (Å²) in [7, 11) is 1.34. The maximum Gasteiger partial charge on any atom is 0.337 e. The molecule has 0 radical (unpaired) electrons. The summed E-state index contributed by atoms with van der Waals surface area (Å²) in [6.45, 7) is 3.33. The largest absolute Gasteiger partial charge is 0.465 e. The van der Waals surface area contributed by atoms with E-state index in [1.54, 1.807) is 24.3 Å². The lowest BCUT2D eigenvalue weighted by atomic mass is 10.2. The van der Waals surface area contributed by atoms with E-state index in [-0.39, 0.29) is 6.10 Å². The van der Waals surface area contributed by atoms with Gasteiger partial charge in [-0.15, -0.1) is 0 Å². The van der Waals surface area contributed by atoms with Crippen LogP contribution >= 0.6 is 11.6 Å². The van der Waals surface area contributed by atoms with Gasteiger partial charge in [-0.3, -0.25) is 0 Å². The third-order valence-corrected chi connectivity index (χ3v) is 4.35. The molecule has 138 valence electrons. The molecule has 8 heteroatoms. The van der Waals surface area contributed by atoms with Crippen LogP contribution in [0.15, 0.2) is 24.3 Å². The lowest BCUT2D eigenvalue weighted by molar-refractivity contribution is 0.0601. The van der Waals surface area contributed by atoms with Crippen LogP contribution in [0.2, 0.25) is 5.02 Å². The predicted molar refractivity (Wildman–Crippen MR) is 100 cm³/mol. The van der Waals surface area contributed by atoms with Crippen LogP contribution in [0.3, 0.4) is 0 Å². The maximum atomic E-state index is 11.7. The zero-order valence-corrected chi connectivity index (χ0v) is 15.5. The second-order valence-corrected chi connectivity index (χ2v) is 6.42. The number of rotatable bonds is 6. The third kappa shape index (κ3) is 4.62. The summed E-state index contributed by atoms with van der Waals surface area (Å²) in [6, 6.07) is 6.67. The summed E-state index contributed by atoms with van der Waals surface area (Å²) in [5.74, 6) is 1.47. The Bertz CT molecular complexity index is 794. The molecule has 26 heavy (non-hydrogen) atoms. The fraction of sp³-hybridized carbons (Fsp3) is 0.389. The van der Waals surface area contributed by atoms with Gasteiger partial charge in [0.2, 0.25) is 0 Å². The zero-order chi connectivity index (χ0) is 18.5. The number of anilines is 3. The summed E-state index contributed by atoms with van der Waals surface area (Å²) in [5, 5.41) is 6.90. The molecule has 0 spiro atoms. The van der Waals surface area contributed by atoms with Crippen molar-refractivity contribution in [2.75, 3.05) is 30.9 Å². The predicted octanol–water partition coefficient (Wildman–Crippen LogP) is 3.56. The Hall–Kier alpha value is -2.38. The molecule has 1 aliphatic heterocycles. The SMILES string of the molecule is COC(=O)c1ccc(Cl)c(Nc2cc(NCC3CCCO3)nc(C)n2)c1. The molecule has 2 aromatic rings. The molecule has 2 N–H and O–H groups in total. The van der Waals surface area contributed by atoms with E-state index in [0.717, 1.165) is 19.4 Å². The van der Waals surface area contributed by atoms with E-state index < -0.39 is 5.97 Å². The van der Waals surface area contributed by atoms with Gasteiger partial charge in [0, 0.05) is 19.2 Å². The van der Waals surface area contributed by atoms with Crippen molar-refractivity contribution in [3.8, 4) is 0 Å². The first-order valence-electron chi connectivity index (χ1n) is 8.41. The molecule has 1 fully saturated rings. The summed E-state index contributed by atoms with van der Waals surface area (Å²) in [4.78, 5) is 20.5. The number of ether oxygens (including phenoxy) is 2. The van der Waals surface area contributed by atoms with Crippen molar-refractivity contribution in [3.63, 3.8) is 0 Å². The first-order valence-corrected chi connectivity index (χ1v) is 8.79. The lowest BCUT2D eigenvalue weighted by Crippen LogP contribution is -2.19. The molecule has 1 saturated heterocycles. The van der Waals surface area contributed by atoms with Crippen LogP contribution in [0.1, 0.15) is 29.0 Å². The quantitative estimate of drug-likeness (QED) is 0.745. The van der Waals surface area contributed by atoms with Gasteiger partial charge in [0.25, 0.3) is 0 Å². The minimum atomic E-state index is -0.428. The van der Waals surface area contributed by atoms with Crippen molar-refractivity contribution < 1.29 is 14.3 Å². The number of halogens is 1. The number of nitrogens with zero attached hydrogens (tertiary/aromatic N) is 2. The Morgan fingerprint density at radius 2 is 2.15 bits per heavy atom. The van der Waals surface area contributed by atoms with Crippen LogP contribution in [-0.2, 0) is 9.47 Å². The number of aryl methyl sites for hydroxylation is 1. The summed E-state index contributed by atoms with van der Waals surface area (Å²) in [6.07, 6.45) is 2.36. The number of carbonyl (C=O) groups excluding carboxylic acids is 1. The molecule has 1 aromatic heterocycles. The summed E-state index contributed by atoms with van der Waals surface area (Å²) in [5.41, 5.74) is 0.972. The van der Waals surface area contributed by atoms with Gasteiger partial charge in [0.05, 0.1) is 29.5 Å². The Morgan fingerprint density at radius 1 is 1.35 bits per heavy atom. The number of hydrogen-bond donors (Lipinski definition) is 2. The van der Waals surface area contributed by atoms with Gasteiger partial charge in [-0.2, -0.15) is 0 Å². The van der Waals surface area contributed by atoms with Crippen molar-refractivity contribution in [2.45, 2.75) is 25.9 Å². The normalized spacial score (nSPS) is 16.3. The number of nitrogens with one attached hydrogen (secondary N) is 2. The van der Waals surface area contributed by atoms with Crippen LogP contribution < -0.4 is 10.6 Å². The molecule has 1 aromatic carbocycles. The first-order chi connectivity index (χ1) is 12.5. The molecule has 0 bridgehead atoms. The monoisotopic (exact) mass is 376 g/mol. The van der Waals surface area contributed by atoms with E-state index in [4.69, 9.17) is 21.1 Å².